The molecule has 0 aromatic heterocycles. The fourth-order valence-corrected chi connectivity index (χ4v) is 1.85. The van der Waals surface area contributed by atoms with E-state index in [4.69, 9.17) is 5.73 Å². The maximum atomic E-state index is 13.6. The van der Waals surface area contributed by atoms with Crippen molar-refractivity contribution >= 4 is 0 Å². The van der Waals surface area contributed by atoms with E-state index in [-0.39, 0.29) is 11.1 Å². The highest BCUT2D eigenvalue weighted by Crippen LogP contribution is 2.27. The topological polar surface area (TPSA) is 26.0 Å². The average molecular weight is 269 g/mol. The van der Waals surface area contributed by atoms with Crippen LogP contribution in [0.15, 0.2) is 30.3 Å². The van der Waals surface area contributed by atoms with Gasteiger partial charge in [0.25, 0.3) is 0 Å². The predicted molar refractivity (Wildman–Crippen MR) is 63.5 cm³/mol. The summed E-state index contributed by atoms with van der Waals surface area (Å²) in [4.78, 5) is 0. The van der Waals surface area contributed by atoms with Crippen LogP contribution in [0.1, 0.15) is 22.7 Å². The molecule has 0 aliphatic heterocycles. The molecule has 1 nitrogen and oxygen atoms in total. The first-order chi connectivity index (χ1) is 8.91. The van der Waals surface area contributed by atoms with Gasteiger partial charge in [0, 0.05) is 11.1 Å². The van der Waals surface area contributed by atoms with Crippen LogP contribution in [0.3, 0.4) is 0 Å². The van der Waals surface area contributed by atoms with E-state index in [2.05, 4.69) is 0 Å². The number of hydrogen-bond donors (Lipinski definition) is 1. The van der Waals surface area contributed by atoms with Gasteiger partial charge in [-0.15, -0.1) is 0 Å². The van der Waals surface area contributed by atoms with Crippen molar-refractivity contribution in [2.24, 2.45) is 5.73 Å². The molecule has 0 aliphatic rings. The normalized spacial score (nSPS) is 12.5. The van der Waals surface area contributed by atoms with Crippen molar-refractivity contribution in [2.45, 2.75) is 13.0 Å². The van der Waals surface area contributed by atoms with Crippen molar-refractivity contribution in [2.75, 3.05) is 0 Å². The molecular formula is C14H11F4N. The number of hydrogen-bond acceptors (Lipinski definition) is 1. The second-order valence-electron chi connectivity index (χ2n) is 4.27. The monoisotopic (exact) mass is 269 g/mol. The summed E-state index contributed by atoms with van der Waals surface area (Å²) in [5, 5.41) is 0. The van der Waals surface area contributed by atoms with Crippen LogP contribution in [0.25, 0.3) is 0 Å². The molecule has 0 amide bonds. The van der Waals surface area contributed by atoms with Gasteiger partial charge in [-0.05, 0) is 19.1 Å². The number of nitrogens with two attached hydrogens (primary N) is 1. The first kappa shape index (κ1) is 13.5. The van der Waals surface area contributed by atoms with Crippen LogP contribution in [0, 0.1) is 30.2 Å². The van der Waals surface area contributed by atoms with E-state index in [1.807, 2.05) is 0 Å². The fraction of sp³-hybridized carbons (Fsp3) is 0.143. The molecule has 0 bridgehead atoms. The zero-order valence-electron chi connectivity index (χ0n) is 10.1. The van der Waals surface area contributed by atoms with Gasteiger partial charge in [0.05, 0.1) is 6.04 Å². The highest BCUT2D eigenvalue weighted by Gasteiger charge is 2.21. The lowest BCUT2D eigenvalue weighted by Gasteiger charge is -2.15. The van der Waals surface area contributed by atoms with Gasteiger partial charge in [0.15, 0.2) is 17.5 Å². The lowest BCUT2D eigenvalue weighted by molar-refractivity contribution is 0.437. The Morgan fingerprint density at radius 2 is 1.47 bits per heavy atom. The number of rotatable bonds is 2. The molecule has 2 aromatic carbocycles. The molecule has 2 N–H and O–H groups in total. The standard InChI is InChI=1S/C14H11F4N/c1-7-2-4-10(15)9(6-7)14(19)8-3-5-11(16)13(18)12(8)17/h2-6,14H,19H2,1H3. The summed E-state index contributed by atoms with van der Waals surface area (Å²) < 4.78 is 53.2. The zero-order valence-corrected chi connectivity index (χ0v) is 10.1. The molecule has 19 heavy (non-hydrogen) atoms. The third-order valence-electron chi connectivity index (χ3n) is 2.89. The molecule has 0 radical (unpaired) electrons. The van der Waals surface area contributed by atoms with Gasteiger partial charge in [-0.3, -0.25) is 0 Å². The third kappa shape index (κ3) is 2.46. The summed E-state index contributed by atoms with van der Waals surface area (Å²) >= 11 is 0. The van der Waals surface area contributed by atoms with Gasteiger partial charge in [-0.2, -0.15) is 0 Å². The molecule has 0 aliphatic carbocycles. The summed E-state index contributed by atoms with van der Waals surface area (Å²) in [5.74, 6) is -4.94. The Bertz CT molecular complexity index is 625. The molecule has 1 unspecified atom stereocenters. The Labute approximate surface area is 107 Å². The zero-order chi connectivity index (χ0) is 14.2. The molecule has 0 spiro atoms. The fourth-order valence-electron chi connectivity index (χ4n) is 1.85. The Morgan fingerprint density at radius 3 is 2.16 bits per heavy atom. The van der Waals surface area contributed by atoms with Crippen LogP contribution in [0.2, 0.25) is 0 Å². The minimum atomic E-state index is -1.61. The maximum absolute atomic E-state index is 13.6. The Kier molecular flexibility index (Phi) is 3.57. The molecule has 0 heterocycles. The van der Waals surface area contributed by atoms with Gasteiger partial charge in [0.1, 0.15) is 5.82 Å². The lowest BCUT2D eigenvalue weighted by Crippen LogP contribution is -2.16. The molecule has 100 valence electrons. The minimum Gasteiger partial charge on any atom is -0.320 e. The van der Waals surface area contributed by atoms with Crippen LogP contribution in [0.4, 0.5) is 17.6 Å². The summed E-state index contributed by atoms with van der Waals surface area (Å²) in [5.41, 5.74) is 6.21. The first-order valence-corrected chi connectivity index (χ1v) is 5.57. The molecule has 0 saturated heterocycles. The first-order valence-electron chi connectivity index (χ1n) is 5.57. The van der Waals surface area contributed by atoms with Crippen LogP contribution < -0.4 is 5.73 Å². The summed E-state index contributed by atoms with van der Waals surface area (Å²) in [6.45, 7) is 1.72. The van der Waals surface area contributed by atoms with Gasteiger partial charge in [0.2, 0.25) is 0 Å². The predicted octanol–water partition coefficient (Wildman–Crippen LogP) is 3.60. The molecule has 0 fully saturated rings. The van der Waals surface area contributed by atoms with E-state index >= 15 is 0 Å². The highest BCUT2D eigenvalue weighted by molar-refractivity contribution is 5.35. The maximum Gasteiger partial charge on any atom is 0.194 e. The van der Waals surface area contributed by atoms with E-state index in [1.165, 1.54) is 18.2 Å². The van der Waals surface area contributed by atoms with Gasteiger partial charge in [-0.1, -0.05) is 23.8 Å². The van der Waals surface area contributed by atoms with E-state index in [9.17, 15) is 17.6 Å². The molecular weight excluding hydrogens is 258 g/mol. The van der Waals surface area contributed by atoms with Crippen molar-refractivity contribution in [3.63, 3.8) is 0 Å². The van der Waals surface area contributed by atoms with Crippen LogP contribution in [-0.2, 0) is 0 Å². The Balaban J connectivity index is 2.53. The Morgan fingerprint density at radius 1 is 0.842 bits per heavy atom. The number of aryl methyl sites for hydroxylation is 1. The van der Waals surface area contributed by atoms with Gasteiger partial charge < -0.3 is 5.73 Å². The largest absolute Gasteiger partial charge is 0.320 e. The second-order valence-corrected chi connectivity index (χ2v) is 4.27. The molecule has 5 heteroatoms. The molecule has 2 aromatic rings. The third-order valence-corrected chi connectivity index (χ3v) is 2.89. The van der Waals surface area contributed by atoms with E-state index in [0.29, 0.717) is 0 Å². The summed E-state index contributed by atoms with van der Waals surface area (Å²) in [6.07, 6.45) is 0. The van der Waals surface area contributed by atoms with Crippen LogP contribution in [0.5, 0.6) is 0 Å². The van der Waals surface area contributed by atoms with E-state index < -0.39 is 29.3 Å². The summed E-state index contributed by atoms with van der Waals surface area (Å²) in [6, 6.07) is 4.76. The minimum absolute atomic E-state index is 0.0323. The number of halogens is 4. The van der Waals surface area contributed by atoms with Crippen LogP contribution >= 0.6 is 0 Å². The number of benzene rings is 2. The summed E-state index contributed by atoms with van der Waals surface area (Å²) in [7, 11) is 0. The smallest absolute Gasteiger partial charge is 0.194 e. The van der Waals surface area contributed by atoms with Crippen molar-refractivity contribution in [3.05, 3.63) is 70.3 Å². The SMILES string of the molecule is Cc1ccc(F)c(C(N)c2ccc(F)c(F)c2F)c1. The average Bonchev–Trinajstić information content (AvgIpc) is 2.38. The second kappa shape index (κ2) is 5.01. The van der Waals surface area contributed by atoms with Gasteiger partial charge in [-0.25, -0.2) is 17.6 Å². The van der Waals surface area contributed by atoms with Crippen molar-refractivity contribution < 1.29 is 17.6 Å². The molecule has 2 rings (SSSR count). The molecule has 0 saturated carbocycles. The quantitative estimate of drug-likeness (QED) is 0.654. The van der Waals surface area contributed by atoms with Crippen molar-refractivity contribution in [3.8, 4) is 0 Å². The van der Waals surface area contributed by atoms with Crippen molar-refractivity contribution in [1.29, 1.82) is 0 Å². The molecule has 1 atom stereocenters. The Hall–Kier alpha value is -1.88. The van der Waals surface area contributed by atoms with Crippen molar-refractivity contribution in [1.82, 2.24) is 0 Å². The lowest BCUT2D eigenvalue weighted by atomic mass is 9.97. The highest BCUT2D eigenvalue weighted by atomic mass is 19.2. The van der Waals surface area contributed by atoms with E-state index in [0.717, 1.165) is 17.7 Å². The van der Waals surface area contributed by atoms with E-state index in [1.54, 1.807) is 6.92 Å². The van der Waals surface area contributed by atoms with Crippen LogP contribution in [-0.4, -0.2) is 0 Å². The van der Waals surface area contributed by atoms with Gasteiger partial charge >= 0.3 is 0 Å².